The molecule has 3 heteroatoms. The highest BCUT2D eigenvalue weighted by Gasteiger charge is 2.16. The largest absolute Gasteiger partial charge is 0.369 e. The molecule has 1 aromatic rings. The zero-order chi connectivity index (χ0) is 12.3. The first-order chi connectivity index (χ1) is 8.16. The average Bonchev–Trinajstić information content (AvgIpc) is 2.30. The van der Waals surface area contributed by atoms with Gasteiger partial charge in [-0.15, -0.1) is 0 Å². The highest BCUT2D eigenvalue weighted by atomic mass is 15.2. The summed E-state index contributed by atoms with van der Waals surface area (Å²) in [6.07, 6.45) is 0.961. The molecule has 0 aromatic heterocycles. The minimum Gasteiger partial charge on any atom is -0.369 e. The van der Waals surface area contributed by atoms with Gasteiger partial charge < -0.3 is 15.5 Å². The number of nitrogens with two attached hydrogens (primary N) is 1. The van der Waals surface area contributed by atoms with E-state index in [1.807, 2.05) is 0 Å². The van der Waals surface area contributed by atoms with E-state index >= 15 is 0 Å². The predicted octanol–water partition coefficient (Wildman–Crippen LogP) is 1.33. The fourth-order valence-corrected chi connectivity index (χ4v) is 2.39. The molecule has 0 bridgehead atoms. The molecule has 0 spiro atoms. The van der Waals surface area contributed by atoms with E-state index in [4.69, 9.17) is 5.73 Å². The zero-order valence-corrected chi connectivity index (χ0v) is 10.9. The molecule has 0 amide bonds. The minimum absolute atomic E-state index is 0.226. The number of hydrogen-bond acceptors (Lipinski definition) is 3. The number of benzene rings is 1. The van der Waals surface area contributed by atoms with Crippen molar-refractivity contribution in [1.29, 1.82) is 0 Å². The van der Waals surface area contributed by atoms with Crippen molar-refractivity contribution in [3.63, 3.8) is 0 Å². The Morgan fingerprint density at radius 2 is 1.82 bits per heavy atom. The topological polar surface area (TPSA) is 32.5 Å². The fraction of sp³-hybridized carbons (Fsp3) is 0.571. The molecule has 1 saturated heterocycles. The zero-order valence-electron chi connectivity index (χ0n) is 10.9. The lowest BCUT2D eigenvalue weighted by molar-refractivity contribution is 0.312. The Labute approximate surface area is 104 Å². The summed E-state index contributed by atoms with van der Waals surface area (Å²) < 4.78 is 0. The van der Waals surface area contributed by atoms with Crippen molar-refractivity contribution in [2.45, 2.75) is 19.4 Å². The SMILES string of the molecule is C[C@H](N)Cc1ccccc1N1CCN(C)CC1. The first-order valence-corrected chi connectivity index (χ1v) is 6.44. The van der Waals surface area contributed by atoms with E-state index < -0.39 is 0 Å². The quantitative estimate of drug-likeness (QED) is 0.855. The third-order valence-electron chi connectivity index (χ3n) is 3.38. The van der Waals surface area contributed by atoms with Crippen molar-refractivity contribution in [2.24, 2.45) is 5.73 Å². The summed E-state index contributed by atoms with van der Waals surface area (Å²) in [5, 5.41) is 0. The molecule has 0 radical (unpaired) electrons. The van der Waals surface area contributed by atoms with Crippen LogP contribution < -0.4 is 10.6 Å². The third-order valence-corrected chi connectivity index (χ3v) is 3.38. The molecule has 1 aromatic carbocycles. The summed E-state index contributed by atoms with van der Waals surface area (Å²) in [6.45, 7) is 6.60. The summed E-state index contributed by atoms with van der Waals surface area (Å²) in [5.41, 5.74) is 8.67. The van der Waals surface area contributed by atoms with Crippen LogP contribution in [0.25, 0.3) is 0 Å². The van der Waals surface area contributed by atoms with Crippen LogP contribution in [0.2, 0.25) is 0 Å². The van der Waals surface area contributed by atoms with Crippen molar-refractivity contribution in [3.8, 4) is 0 Å². The average molecular weight is 233 g/mol. The maximum atomic E-state index is 5.92. The van der Waals surface area contributed by atoms with Gasteiger partial charge in [0.2, 0.25) is 0 Å². The summed E-state index contributed by atoms with van der Waals surface area (Å²) in [5.74, 6) is 0. The second-order valence-corrected chi connectivity index (χ2v) is 5.10. The van der Waals surface area contributed by atoms with Crippen molar-refractivity contribution >= 4 is 5.69 Å². The molecule has 1 aliphatic heterocycles. The van der Waals surface area contributed by atoms with Crippen LogP contribution in [0.5, 0.6) is 0 Å². The van der Waals surface area contributed by atoms with E-state index in [-0.39, 0.29) is 6.04 Å². The number of piperazine rings is 1. The summed E-state index contributed by atoms with van der Waals surface area (Å²) in [4.78, 5) is 4.86. The molecule has 0 unspecified atom stereocenters. The van der Waals surface area contributed by atoms with Crippen LogP contribution >= 0.6 is 0 Å². The van der Waals surface area contributed by atoms with E-state index in [0.29, 0.717) is 0 Å². The van der Waals surface area contributed by atoms with E-state index in [0.717, 1.165) is 32.6 Å². The van der Waals surface area contributed by atoms with Gasteiger partial charge in [-0.3, -0.25) is 0 Å². The molecular formula is C14H23N3. The Morgan fingerprint density at radius 1 is 1.18 bits per heavy atom. The minimum atomic E-state index is 0.226. The maximum Gasteiger partial charge on any atom is 0.0400 e. The van der Waals surface area contributed by atoms with Crippen LogP contribution in [0.4, 0.5) is 5.69 Å². The van der Waals surface area contributed by atoms with Gasteiger partial charge in [-0.25, -0.2) is 0 Å². The molecule has 1 atom stereocenters. The Hall–Kier alpha value is -1.06. The Kier molecular flexibility index (Phi) is 4.02. The lowest BCUT2D eigenvalue weighted by Crippen LogP contribution is -2.44. The standard InChI is InChI=1S/C14H23N3/c1-12(15)11-13-5-3-4-6-14(13)17-9-7-16(2)8-10-17/h3-6,12H,7-11,15H2,1-2H3/t12-/m0/s1. The highest BCUT2D eigenvalue weighted by molar-refractivity contribution is 5.54. The molecule has 1 heterocycles. The first-order valence-electron chi connectivity index (χ1n) is 6.44. The maximum absolute atomic E-state index is 5.92. The van der Waals surface area contributed by atoms with E-state index in [9.17, 15) is 0 Å². The van der Waals surface area contributed by atoms with E-state index in [2.05, 4.69) is 48.0 Å². The molecule has 2 N–H and O–H groups in total. The number of rotatable bonds is 3. The van der Waals surface area contributed by atoms with Crippen LogP contribution in [-0.4, -0.2) is 44.2 Å². The monoisotopic (exact) mass is 233 g/mol. The molecule has 0 aliphatic carbocycles. The number of likely N-dealkylation sites (N-methyl/N-ethyl adjacent to an activating group) is 1. The van der Waals surface area contributed by atoms with Crippen LogP contribution in [0, 0.1) is 0 Å². The van der Waals surface area contributed by atoms with Gasteiger partial charge in [0.05, 0.1) is 0 Å². The van der Waals surface area contributed by atoms with Crippen LogP contribution in [0.3, 0.4) is 0 Å². The number of anilines is 1. The predicted molar refractivity (Wildman–Crippen MR) is 73.5 cm³/mol. The van der Waals surface area contributed by atoms with Gasteiger partial charge in [-0.1, -0.05) is 18.2 Å². The molecule has 94 valence electrons. The molecule has 17 heavy (non-hydrogen) atoms. The molecule has 0 saturated carbocycles. The second kappa shape index (κ2) is 5.52. The van der Waals surface area contributed by atoms with Crippen molar-refractivity contribution < 1.29 is 0 Å². The Balaban J connectivity index is 2.14. The van der Waals surface area contributed by atoms with Gasteiger partial charge in [-0.2, -0.15) is 0 Å². The molecular weight excluding hydrogens is 210 g/mol. The van der Waals surface area contributed by atoms with E-state index in [1.54, 1.807) is 0 Å². The Morgan fingerprint density at radius 3 is 2.47 bits per heavy atom. The Bertz CT molecular complexity index is 354. The lowest BCUT2D eigenvalue weighted by Gasteiger charge is -2.35. The lowest BCUT2D eigenvalue weighted by atomic mass is 10.0. The smallest absolute Gasteiger partial charge is 0.0400 e. The van der Waals surface area contributed by atoms with Crippen LogP contribution in [0.1, 0.15) is 12.5 Å². The molecule has 2 rings (SSSR count). The van der Waals surface area contributed by atoms with Crippen LogP contribution in [0.15, 0.2) is 24.3 Å². The second-order valence-electron chi connectivity index (χ2n) is 5.10. The van der Waals surface area contributed by atoms with Crippen molar-refractivity contribution in [3.05, 3.63) is 29.8 Å². The van der Waals surface area contributed by atoms with Gasteiger partial charge in [0.25, 0.3) is 0 Å². The third kappa shape index (κ3) is 3.20. The molecule has 1 fully saturated rings. The van der Waals surface area contributed by atoms with Crippen molar-refractivity contribution in [2.75, 3.05) is 38.1 Å². The number of nitrogens with zero attached hydrogens (tertiary/aromatic N) is 2. The van der Waals surface area contributed by atoms with Crippen LogP contribution in [-0.2, 0) is 6.42 Å². The summed E-state index contributed by atoms with van der Waals surface area (Å²) in [6, 6.07) is 8.89. The van der Waals surface area contributed by atoms with Crippen molar-refractivity contribution in [1.82, 2.24) is 4.90 Å². The van der Waals surface area contributed by atoms with E-state index in [1.165, 1.54) is 11.3 Å². The van der Waals surface area contributed by atoms with Gasteiger partial charge in [0.1, 0.15) is 0 Å². The van der Waals surface area contributed by atoms with Gasteiger partial charge >= 0.3 is 0 Å². The first kappa shape index (κ1) is 12.4. The van der Waals surface area contributed by atoms with Gasteiger partial charge in [-0.05, 0) is 32.0 Å². The highest BCUT2D eigenvalue weighted by Crippen LogP contribution is 2.22. The van der Waals surface area contributed by atoms with Gasteiger partial charge in [0, 0.05) is 37.9 Å². The summed E-state index contributed by atoms with van der Waals surface area (Å²) >= 11 is 0. The van der Waals surface area contributed by atoms with Gasteiger partial charge in [0.15, 0.2) is 0 Å². The number of para-hydroxylation sites is 1. The molecule has 1 aliphatic rings. The summed E-state index contributed by atoms with van der Waals surface area (Å²) in [7, 11) is 2.19. The molecule has 3 nitrogen and oxygen atoms in total. The normalized spacial score (nSPS) is 19.4. The fourth-order valence-electron chi connectivity index (χ4n) is 2.39. The number of hydrogen-bond donors (Lipinski definition) is 1.